The second-order valence-electron chi connectivity index (χ2n) is 13.8. The van der Waals surface area contributed by atoms with Crippen LogP contribution in [0.1, 0.15) is 98.3 Å². The second-order valence-corrected chi connectivity index (χ2v) is 13.8. The predicted molar refractivity (Wildman–Crippen MR) is 141 cm³/mol. The summed E-state index contributed by atoms with van der Waals surface area (Å²) in [5.41, 5.74) is 2.56. The average molecular weight is 472 g/mol. The van der Waals surface area contributed by atoms with Crippen molar-refractivity contribution in [3.05, 3.63) is 11.6 Å². The van der Waals surface area contributed by atoms with Gasteiger partial charge in [-0.2, -0.15) is 0 Å². The summed E-state index contributed by atoms with van der Waals surface area (Å²) in [6.07, 6.45) is 17.0. The van der Waals surface area contributed by atoms with Crippen molar-refractivity contribution >= 4 is 0 Å². The van der Waals surface area contributed by atoms with Crippen LogP contribution in [-0.4, -0.2) is 49.0 Å². The Bertz CT molecular complexity index is 729. The minimum Gasteiger partial charge on any atom is -0.393 e. The molecule has 1 saturated heterocycles. The molecular formula is C31H53NO2. The lowest BCUT2D eigenvalue weighted by atomic mass is 9.47. The molecule has 1 heterocycles. The normalized spacial score (nSPS) is 44.5. The van der Waals surface area contributed by atoms with Crippen molar-refractivity contribution in [2.24, 2.45) is 46.3 Å². The van der Waals surface area contributed by atoms with Crippen LogP contribution in [-0.2, 0) is 4.74 Å². The fraction of sp³-hybridized carbons (Fsp3) is 0.935. The van der Waals surface area contributed by atoms with E-state index in [1.807, 2.05) is 0 Å². The molecule has 0 radical (unpaired) electrons. The van der Waals surface area contributed by atoms with Crippen LogP contribution in [0.15, 0.2) is 11.6 Å². The van der Waals surface area contributed by atoms with E-state index in [1.54, 1.807) is 5.57 Å². The van der Waals surface area contributed by atoms with Gasteiger partial charge in [0, 0.05) is 19.6 Å². The van der Waals surface area contributed by atoms with Crippen LogP contribution >= 0.6 is 0 Å². The van der Waals surface area contributed by atoms with E-state index in [2.05, 4.69) is 38.7 Å². The van der Waals surface area contributed by atoms with Crippen molar-refractivity contribution in [1.29, 1.82) is 0 Å². The topological polar surface area (TPSA) is 32.7 Å². The van der Waals surface area contributed by atoms with Crippen molar-refractivity contribution in [1.82, 2.24) is 4.90 Å². The molecule has 0 aromatic heterocycles. The maximum atomic E-state index is 10.3. The molecule has 34 heavy (non-hydrogen) atoms. The smallest absolute Gasteiger partial charge is 0.0594 e. The molecule has 0 aromatic rings. The van der Waals surface area contributed by atoms with Crippen molar-refractivity contribution < 1.29 is 9.84 Å². The standard InChI is InChI=1S/C31H53NO2/c1-22(21-32-16-18-34-19-17-32)6-5-7-23(2)27-10-11-28-26-9-8-24-20-25(33)12-14-30(24,3)29(26)13-15-31(27,28)4/h8,22-23,25-29,33H,5-7,9-21H2,1-4H3/t22?,23-,25+,26+,27-,28+,29+,30+,31-/m1/s1. The first kappa shape index (κ1) is 25.3. The van der Waals surface area contributed by atoms with Gasteiger partial charge >= 0.3 is 0 Å². The molecule has 9 atom stereocenters. The monoisotopic (exact) mass is 471 g/mol. The summed E-state index contributed by atoms with van der Waals surface area (Å²) in [5.74, 6) is 5.31. The van der Waals surface area contributed by atoms with Gasteiger partial charge in [-0.1, -0.05) is 52.2 Å². The van der Waals surface area contributed by atoms with Crippen LogP contribution in [0.4, 0.5) is 0 Å². The van der Waals surface area contributed by atoms with Gasteiger partial charge in [-0.3, -0.25) is 4.90 Å². The molecule has 0 spiro atoms. The van der Waals surface area contributed by atoms with Crippen LogP contribution in [0.2, 0.25) is 0 Å². The van der Waals surface area contributed by atoms with Crippen LogP contribution in [0, 0.1) is 46.3 Å². The highest BCUT2D eigenvalue weighted by Crippen LogP contribution is 2.67. The summed E-state index contributed by atoms with van der Waals surface area (Å²) < 4.78 is 5.52. The molecule has 4 fully saturated rings. The minimum absolute atomic E-state index is 0.0852. The van der Waals surface area contributed by atoms with E-state index in [4.69, 9.17) is 4.74 Å². The quantitative estimate of drug-likeness (QED) is 0.419. The third kappa shape index (κ3) is 4.68. The van der Waals surface area contributed by atoms with E-state index in [1.165, 1.54) is 64.3 Å². The number of allylic oxidation sites excluding steroid dienone is 1. The fourth-order valence-electron chi connectivity index (χ4n) is 9.92. The number of fused-ring (bicyclic) bond motifs is 5. The molecule has 5 rings (SSSR count). The van der Waals surface area contributed by atoms with E-state index in [-0.39, 0.29) is 6.10 Å². The Kier molecular flexibility index (Phi) is 7.56. The van der Waals surface area contributed by atoms with E-state index < -0.39 is 0 Å². The van der Waals surface area contributed by atoms with Crippen molar-refractivity contribution in [2.45, 2.75) is 104 Å². The van der Waals surface area contributed by atoms with E-state index in [0.717, 1.165) is 74.7 Å². The van der Waals surface area contributed by atoms with Gasteiger partial charge in [0.2, 0.25) is 0 Å². The highest BCUT2D eigenvalue weighted by molar-refractivity contribution is 5.25. The van der Waals surface area contributed by atoms with Gasteiger partial charge in [-0.05, 0) is 104 Å². The predicted octanol–water partition coefficient (Wildman–Crippen LogP) is 6.70. The molecule has 1 unspecified atom stereocenters. The molecule has 1 N–H and O–H groups in total. The Hall–Kier alpha value is -0.380. The lowest BCUT2D eigenvalue weighted by molar-refractivity contribution is -0.0573. The highest BCUT2D eigenvalue weighted by atomic mass is 16.5. The SMILES string of the molecule is CC(CCC[C@@H](C)[C@H]1CC[C@H]2[C@@H]3CC=C4C[C@@H](O)CC[C@]4(C)[C@H]3CC[C@]12C)CN1CCOCC1. The molecule has 3 nitrogen and oxygen atoms in total. The van der Waals surface area contributed by atoms with Gasteiger partial charge in [-0.25, -0.2) is 0 Å². The van der Waals surface area contributed by atoms with Crippen molar-refractivity contribution in [3.63, 3.8) is 0 Å². The Morgan fingerprint density at radius 3 is 2.62 bits per heavy atom. The zero-order valence-electron chi connectivity index (χ0n) is 22.7. The minimum atomic E-state index is -0.0852. The van der Waals surface area contributed by atoms with Gasteiger partial charge in [-0.15, -0.1) is 0 Å². The van der Waals surface area contributed by atoms with Gasteiger partial charge < -0.3 is 9.84 Å². The van der Waals surface area contributed by atoms with Crippen LogP contribution in [0.5, 0.6) is 0 Å². The molecule has 5 aliphatic rings. The maximum Gasteiger partial charge on any atom is 0.0594 e. The first-order chi connectivity index (χ1) is 16.3. The number of rotatable bonds is 7. The lowest BCUT2D eigenvalue weighted by Gasteiger charge is -2.58. The third-order valence-corrected chi connectivity index (χ3v) is 11.9. The molecule has 4 aliphatic carbocycles. The molecule has 3 saturated carbocycles. The van der Waals surface area contributed by atoms with Gasteiger partial charge in [0.15, 0.2) is 0 Å². The zero-order valence-corrected chi connectivity index (χ0v) is 22.7. The Morgan fingerprint density at radius 1 is 1.03 bits per heavy atom. The third-order valence-electron chi connectivity index (χ3n) is 11.9. The summed E-state index contributed by atoms with van der Waals surface area (Å²) in [6.45, 7) is 15.7. The first-order valence-corrected chi connectivity index (χ1v) is 15.0. The number of aliphatic hydroxyl groups excluding tert-OH is 1. The Morgan fingerprint density at radius 2 is 1.82 bits per heavy atom. The molecular weight excluding hydrogens is 418 g/mol. The molecule has 0 bridgehead atoms. The molecule has 194 valence electrons. The highest BCUT2D eigenvalue weighted by Gasteiger charge is 2.59. The number of aliphatic hydroxyl groups is 1. The Balaban J connectivity index is 1.16. The van der Waals surface area contributed by atoms with E-state index in [9.17, 15) is 5.11 Å². The number of ether oxygens (including phenoxy) is 1. The second kappa shape index (κ2) is 10.2. The summed E-state index contributed by atoms with van der Waals surface area (Å²) in [4.78, 5) is 2.61. The molecule has 0 aromatic carbocycles. The van der Waals surface area contributed by atoms with Crippen LogP contribution < -0.4 is 0 Å². The lowest BCUT2D eigenvalue weighted by Crippen LogP contribution is -2.50. The average Bonchev–Trinajstić information content (AvgIpc) is 3.17. The van der Waals surface area contributed by atoms with Crippen molar-refractivity contribution in [3.8, 4) is 0 Å². The summed E-state index contributed by atoms with van der Waals surface area (Å²) in [5, 5.41) is 10.3. The number of hydrogen-bond acceptors (Lipinski definition) is 3. The number of nitrogens with zero attached hydrogens (tertiary/aromatic N) is 1. The van der Waals surface area contributed by atoms with Gasteiger partial charge in [0.05, 0.1) is 19.3 Å². The summed E-state index contributed by atoms with van der Waals surface area (Å²) >= 11 is 0. The number of morpholine rings is 1. The largest absolute Gasteiger partial charge is 0.393 e. The number of hydrogen-bond donors (Lipinski definition) is 1. The van der Waals surface area contributed by atoms with Gasteiger partial charge in [0.25, 0.3) is 0 Å². The molecule has 3 heteroatoms. The maximum absolute atomic E-state index is 10.3. The van der Waals surface area contributed by atoms with Gasteiger partial charge in [0.1, 0.15) is 0 Å². The van der Waals surface area contributed by atoms with E-state index in [0.29, 0.717) is 10.8 Å². The Labute approximate surface area is 210 Å². The van der Waals surface area contributed by atoms with E-state index >= 15 is 0 Å². The zero-order chi connectivity index (χ0) is 23.9. The van der Waals surface area contributed by atoms with Crippen molar-refractivity contribution in [2.75, 3.05) is 32.8 Å². The van der Waals surface area contributed by atoms with Crippen LogP contribution in [0.3, 0.4) is 0 Å². The fourth-order valence-corrected chi connectivity index (χ4v) is 9.92. The molecule has 0 amide bonds. The summed E-state index contributed by atoms with van der Waals surface area (Å²) in [6, 6.07) is 0. The molecule has 1 aliphatic heterocycles. The first-order valence-electron chi connectivity index (χ1n) is 15.0. The summed E-state index contributed by atoms with van der Waals surface area (Å²) in [7, 11) is 0. The van der Waals surface area contributed by atoms with Crippen LogP contribution in [0.25, 0.3) is 0 Å².